The maximum absolute atomic E-state index is 11.3. The summed E-state index contributed by atoms with van der Waals surface area (Å²) in [5, 5.41) is 4.36. The number of hydrogen-bond acceptors (Lipinski definition) is 4. The zero-order valence-electron chi connectivity index (χ0n) is 10.8. The number of aromatic nitrogens is 1. The van der Waals surface area contributed by atoms with Crippen molar-refractivity contribution in [2.75, 3.05) is 5.32 Å². The first-order valence-corrected chi connectivity index (χ1v) is 6.93. The summed E-state index contributed by atoms with van der Waals surface area (Å²) in [6.07, 6.45) is 1.59. The molecule has 0 aliphatic carbocycles. The Hall–Kier alpha value is -2.40. The number of nitrogens with zero attached hydrogens (tertiary/aromatic N) is 1. The van der Waals surface area contributed by atoms with Crippen LogP contribution in [0.3, 0.4) is 0 Å². The minimum Gasteiger partial charge on any atom is -0.463 e. The van der Waals surface area contributed by atoms with E-state index >= 15 is 0 Å². The Bertz CT molecular complexity index is 718. The summed E-state index contributed by atoms with van der Waals surface area (Å²) in [5.74, 6) is 0.522. The van der Waals surface area contributed by atoms with E-state index in [1.165, 1.54) is 18.3 Å². The summed E-state index contributed by atoms with van der Waals surface area (Å²) in [6, 6.07) is 13.5. The number of carbonyl (C=O) groups excluding carboxylic acids is 1. The SMILES string of the molecule is CC(=O)Nc1sc(-c2ccccc2)nc1-c1ccco1. The summed E-state index contributed by atoms with van der Waals surface area (Å²) >= 11 is 1.44. The molecule has 0 aliphatic rings. The van der Waals surface area contributed by atoms with Gasteiger partial charge in [0.05, 0.1) is 6.26 Å². The van der Waals surface area contributed by atoms with E-state index in [0.717, 1.165) is 10.6 Å². The number of nitrogens with one attached hydrogen (secondary N) is 1. The number of furan rings is 1. The van der Waals surface area contributed by atoms with Crippen molar-refractivity contribution in [2.45, 2.75) is 6.92 Å². The van der Waals surface area contributed by atoms with Gasteiger partial charge >= 0.3 is 0 Å². The molecule has 0 fully saturated rings. The number of anilines is 1. The molecule has 100 valence electrons. The first-order chi connectivity index (χ1) is 9.74. The van der Waals surface area contributed by atoms with Gasteiger partial charge in [-0.3, -0.25) is 4.79 Å². The van der Waals surface area contributed by atoms with Crippen LogP contribution in [0.4, 0.5) is 5.00 Å². The molecule has 0 unspecified atom stereocenters. The molecule has 2 aromatic heterocycles. The summed E-state index contributed by atoms with van der Waals surface area (Å²) in [7, 11) is 0. The molecule has 3 rings (SSSR count). The van der Waals surface area contributed by atoms with Crippen LogP contribution in [-0.2, 0) is 4.79 Å². The number of thiazole rings is 1. The fourth-order valence-electron chi connectivity index (χ4n) is 1.85. The van der Waals surface area contributed by atoms with Crippen LogP contribution in [0.15, 0.2) is 53.1 Å². The first kappa shape index (κ1) is 12.6. The largest absolute Gasteiger partial charge is 0.463 e. The Morgan fingerprint density at radius 2 is 2.00 bits per heavy atom. The van der Waals surface area contributed by atoms with Crippen LogP contribution in [-0.4, -0.2) is 10.9 Å². The molecule has 0 bridgehead atoms. The van der Waals surface area contributed by atoms with E-state index in [2.05, 4.69) is 10.3 Å². The highest BCUT2D eigenvalue weighted by molar-refractivity contribution is 7.19. The lowest BCUT2D eigenvalue weighted by Crippen LogP contribution is -2.04. The van der Waals surface area contributed by atoms with E-state index in [1.807, 2.05) is 36.4 Å². The molecule has 0 saturated carbocycles. The van der Waals surface area contributed by atoms with E-state index in [9.17, 15) is 4.79 Å². The fraction of sp³-hybridized carbons (Fsp3) is 0.0667. The highest BCUT2D eigenvalue weighted by Crippen LogP contribution is 2.37. The molecule has 0 radical (unpaired) electrons. The van der Waals surface area contributed by atoms with Gasteiger partial charge in [-0.2, -0.15) is 0 Å². The zero-order valence-corrected chi connectivity index (χ0v) is 11.6. The highest BCUT2D eigenvalue weighted by atomic mass is 32.1. The number of amides is 1. The van der Waals surface area contributed by atoms with Crippen molar-refractivity contribution in [1.82, 2.24) is 4.98 Å². The minimum absolute atomic E-state index is 0.124. The van der Waals surface area contributed by atoms with Crippen molar-refractivity contribution < 1.29 is 9.21 Å². The monoisotopic (exact) mass is 284 g/mol. The molecular formula is C15H12N2O2S. The average Bonchev–Trinajstić information content (AvgIpc) is 3.08. The van der Waals surface area contributed by atoms with Gasteiger partial charge < -0.3 is 9.73 Å². The van der Waals surface area contributed by atoms with Crippen LogP contribution >= 0.6 is 11.3 Å². The summed E-state index contributed by atoms with van der Waals surface area (Å²) in [6.45, 7) is 1.48. The number of carbonyl (C=O) groups is 1. The third-order valence-electron chi connectivity index (χ3n) is 2.69. The summed E-state index contributed by atoms with van der Waals surface area (Å²) < 4.78 is 5.38. The maximum atomic E-state index is 11.3. The number of benzene rings is 1. The van der Waals surface area contributed by atoms with Gasteiger partial charge in [-0.05, 0) is 12.1 Å². The lowest BCUT2D eigenvalue weighted by atomic mass is 10.2. The van der Waals surface area contributed by atoms with Crippen LogP contribution in [0.25, 0.3) is 22.0 Å². The van der Waals surface area contributed by atoms with Crippen LogP contribution in [0.1, 0.15) is 6.92 Å². The second-order valence-electron chi connectivity index (χ2n) is 4.22. The Morgan fingerprint density at radius 1 is 1.20 bits per heavy atom. The van der Waals surface area contributed by atoms with Crippen LogP contribution in [0.5, 0.6) is 0 Å². The Morgan fingerprint density at radius 3 is 2.65 bits per heavy atom. The fourth-order valence-corrected chi connectivity index (χ4v) is 2.87. The van der Waals surface area contributed by atoms with Crippen LogP contribution in [0, 0.1) is 0 Å². The molecule has 3 aromatic rings. The zero-order chi connectivity index (χ0) is 13.9. The van der Waals surface area contributed by atoms with Gasteiger partial charge in [0.25, 0.3) is 0 Å². The second kappa shape index (κ2) is 5.30. The van der Waals surface area contributed by atoms with Gasteiger partial charge in [-0.1, -0.05) is 41.7 Å². The van der Waals surface area contributed by atoms with E-state index in [-0.39, 0.29) is 5.91 Å². The number of rotatable bonds is 3. The maximum Gasteiger partial charge on any atom is 0.221 e. The number of hydrogen-bond donors (Lipinski definition) is 1. The van der Waals surface area contributed by atoms with E-state index in [1.54, 1.807) is 12.3 Å². The van der Waals surface area contributed by atoms with Crippen LogP contribution in [0.2, 0.25) is 0 Å². The Kier molecular flexibility index (Phi) is 3.35. The van der Waals surface area contributed by atoms with Gasteiger partial charge in [0.2, 0.25) is 5.91 Å². The van der Waals surface area contributed by atoms with Crippen molar-refractivity contribution in [3.63, 3.8) is 0 Å². The quantitative estimate of drug-likeness (QED) is 0.790. The molecule has 1 N–H and O–H groups in total. The average molecular weight is 284 g/mol. The van der Waals surface area contributed by atoms with Crippen molar-refractivity contribution in [2.24, 2.45) is 0 Å². The Labute approximate surface area is 120 Å². The van der Waals surface area contributed by atoms with Crippen molar-refractivity contribution in [3.05, 3.63) is 48.7 Å². The van der Waals surface area contributed by atoms with E-state index < -0.39 is 0 Å². The Balaban J connectivity index is 2.08. The molecule has 0 saturated heterocycles. The van der Waals surface area contributed by atoms with Crippen molar-refractivity contribution in [3.8, 4) is 22.0 Å². The molecule has 2 heterocycles. The second-order valence-corrected chi connectivity index (χ2v) is 5.22. The van der Waals surface area contributed by atoms with Crippen molar-refractivity contribution in [1.29, 1.82) is 0 Å². The highest BCUT2D eigenvalue weighted by Gasteiger charge is 2.17. The molecular weight excluding hydrogens is 272 g/mol. The molecule has 20 heavy (non-hydrogen) atoms. The third-order valence-corrected chi connectivity index (χ3v) is 3.71. The minimum atomic E-state index is -0.124. The topological polar surface area (TPSA) is 55.1 Å². The molecule has 1 aromatic carbocycles. The normalized spacial score (nSPS) is 10.4. The van der Waals surface area contributed by atoms with Crippen molar-refractivity contribution >= 4 is 22.2 Å². The lowest BCUT2D eigenvalue weighted by Gasteiger charge is -1.98. The van der Waals surface area contributed by atoms with E-state index in [0.29, 0.717) is 16.5 Å². The molecule has 0 atom stereocenters. The predicted octanol–water partition coefficient (Wildman–Crippen LogP) is 4.03. The van der Waals surface area contributed by atoms with Gasteiger partial charge in [0.1, 0.15) is 15.7 Å². The summed E-state index contributed by atoms with van der Waals surface area (Å²) in [5.41, 5.74) is 1.68. The first-order valence-electron chi connectivity index (χ1n) is 6.12. The predicted molar refractivity (Wildman–Crippen MR) is 79.6 cm³/mol. The third kappa shape index (κ3) is 2.48. The standard InChI is InChI=1S/C15H12N2O2S/c1-10(18)16-15-13(12-8-5-9-19-12)17-14(20-15)11-6-3-2-4-7-11/h2-9H,1H3,(H,16,18). The molecule has 1 amide bonds. The van der Waals surface area contributed by atoms with Gasteiger partial charge in [0, 0.05) is 12.5 Å². The lowest BCUT2D eigenvalue weighted by molar-refractivity contribution is -0.114. The summed E-state index contributed by atoms with van der Waals surface area (Å²) in [4.78, 5) is 15.9. The molecule has 5 heteroatoms. The van der Waals surface area contributed by atoms with Gasteiger partial charge in [-0.15, -0.1) is 0 Å². The molecule has 0 aliphatic heterocycles. The molecule has 4 nitrogen and oxygen atoms in total. The van der Waals surface area contributed by atoms with Gasteiger partial charge in [-0.25, -0.2) is 4.98 Å². The molecule has 0 spiro atoms. The smallest absolute Gasteiger partial charge is 0.221 e. The van der Waals surface area contributed by atoms with E-state index in [4.69, 9.17) is 4.42 Å². The van der Waals surface area contributed by atoms with Crippen LogP contribution < -0.4 is 5.32 Å². The van der Waals surface area contributed by atoms with Gasteiger partial charge in [0.15, 0.2) is 5.76 Å².